The van der Waals surface area contributed by atoms with Crippen LogP contribution in [0.4, 0.5) is 0 Å². The zero-order valence-electron chi connectivity index (χ0n) is 11.5. The molecule has 6 heteroatoms. The fraction of sp³-hybridized carbons (Fsp3) is 0.571. The standard InChI is InChI=1S/C14H20N2O3S/c1-10(12-6-4-8-20-12)15-13(17)9-16-7-3-2-5-11(16)14(18)19/h4,6,8,10-11H,2-3,5,7,9H2,1H3,(H,15,17)(H,18,19). The van der Waals surface area contributed by atoms with E-state index in [2.05, 4.69) is 5.32 Å². The van der Waals surface area contributed by atoms with Gasteiger partial charge < -0.3 is 10.4 Å². The smallest absolute Gasteiger partial charge is 0.320 e. The van der Waals surface area contributed by atoms with E-state index in [-0.39, 0.29) is 18.5 Å². The Labute approximate surface area is 122 Å². The molecule has 0 spiro atoms. The molecule has 1 aromatic heterocycles. The van der Waals surface area contributed by atoms with Crippen LogP contribution in [0.3, 0.4) is 0 Å². The maximum Gasteiger partial charge on any atom is 0.320 e. The molecule has 2 unspecified atom stereocenters. The first-order valence-electron chi connectivity index (χ1n) is 6.87. The van der Waals surface area contributed by atoms with Gasteiger partial charge in [-0.15, -0.1) is 11.3 Å². The Bertz CT molecular complexity index is 461. The summed E-state index contributed by atoms with van der Waals surface area (Å²) in [5.41, 5.74) is 0. The third kappa shape index (κ3) is 3.80. The van der Waals surface area contributed by atoms with E-state index in [0.29, 0.717) is 13.0 Å². The Hall–Kier alpha value is -1.40. The molecule has 1 saturated heterocycles. The van der Waals surface area contributed by atoms with Crippen molar-refractivity contribution in [2.75, 3.05) is 13.1 Å². The summed E-state index contributed by atoms with van der Waals surface area (Å²) in [4.78, 5) is 26.1. The highest BCUT2D eigenvalue weighted by Gasteiger charge is 2.29. The van der Waals surface area contributed by atoms with E-state index in [1.807, 2.05) is 24.4 Å². The Morgan fingerprint density at radius 2 is 2.35 bits per heavy atom. The minimum absolute atomic E-state index is 0.0319. The molecular weight excluding hydrogens is 276 g/mol. The number of amides is 1. The molecule has 110 valence electrons. The Morgan fingerprint density at radius 3 is 3.00 bits per heavy atom. The van der Waals surface area contributed by atoms with Crippen molar-refractivity contribution in [2.45, 2.75) is 38.3 Å². The Balaban J connectivity index is 1.88. The van der Waals surface area contributed by atoms with Gasteiger partial charge in [0.05, 0.1) is 12.6 Å². The summed E-state index contributed by atoms with van der Waals surface area (Å²) in [5, 5.41) is 14.1. The van der Waals surface area contributed by atoms with E-state index in [0.717, 1.165) is 17.7 Å². The summed E-state index contributed by atoms with van der Waals surface area (Å²) in [5.74, 6) is -0.942. The zero-order valence-corrected chi connectivity index (χ0v) is 12.4. The monoisotopic (exact) mass is 296 g/mol. The third-order valence-electron chi connectivity index (χ3n) is 3.59. The van der Waals surface area contributed by atoms with E-state index in [9.17, 15) is 14.7 Å². The van der Waals surface area contributed by atoms with Crippen molar-refractivity contribution in [1.29, 1.82) is 0 Å². The molecule has 0 aliphatic carbocycles. The number of nitrogens with one attached hydrogen (secondary N) is 1. The number of carboxylic acid groups (broad SMARTS) is 1. The second kappa shape index (κ2) is 6.85. The van der Waals surface area contributed by atoms with Gasteiger partial charge in [-0.05, 0) is 37.8 Å². The lowest BCUT2D eigenvalue weighted by Gasteiger charge is -2.32. The molecule has 2 heterocycles. The fourth-order valence-electron chi connectivity index (χ4n) is 2.54. The first-order chi connectivity index (χ1) is 9.58. The van der Waals surface area contributed by atoms with Gasteiger partial charge in [-0.3, -0.25) is 14.5 Å². The second-order valence-corrected chi connectivity index (χ2v) is 6.10. The summed E-state index contributed by atoms with van der Waals surface area (Å²) in [6.45, 7) is 2.78. The number of rotatable bonds is 5. The fourth-order valence-corrected chi connectivity index (χ4v) is 3.27. The second-order valence-electron chi connectivity index (χ2n) is 5.12. The number of nitrogens with zero attached hydrogens (tertiary/aromatic N) is 1. The number of likely N-dealkylation sites (tertiary alicyclic amines) is 1. The lowest BCUT2D eigenvalue weighted by molar-refractivity contribution is -0.145. The lowest BCUT2D eigenvalue weighted by atomic mass is 10.0. The number of aliphatic carboxylic acids is 1. The molecule has 0 bridgehead atoms. The third-order valence-corrected chi connectivity index (χ3v) is 4.65. The number of carboxylic acids is 1. The van der Waals surface area contributed by atoms with E-state index >= 15 is 0 Å². The van der Waals surface area contributed by atoms with Crippen LogP contribution in [0.1, 0.15) is 37.1 Å². The number of piperidine rings is 1. The van der Waals surface area contributed by atoms with E-state index in [4.69, 9.17) is 0 Å². The summed E-state index contributed by atoms with van der Waals surface area (Å²) in [6.07, 6.45) is 2.50. The van der Waals surface area contributed by atoms with Crippen LogP contribution in [0, 0.1) is 0 Å². The molecule has 2 N–H and O–H groups in total. The van der Waals surface area contributed by atoms with Crippen LogP contribution in [0.25, 0.3) is 0 Å². The predicted molar refractivity (Wildman–Crippen MR) is 77.7 cm³/mol. The van der Waals surface area contributed by atoms with Crippen LogP contribution in [0.2, 0.25) is 0 Å². The molecule has 0 radical (unpaired) electrons. The highest BCUT2D eigenvalue weighted by Crippen LogP contribution is 2.19. The maximum absolute atomic E-state index is 12.0. The summed E-state index contributed by atoms with van der Waals surface area (Å²) < 4.78 is 0. The Kier molecular flexibility index (Phi) is 5.14. The maximum atomic E-state index is 12.0. The minimum atomic E-state index is -0.830. The molecule has 5 nitrogen and oxygen atoms in total. The molecule has 2 rings (SSSR count). The Morgan fingerprint density at radius 1 is 1.55 bits per heavy atom. The van der Waals surface area contributed by atoms with Crippen LogP contribution in [-0.2, 0) is 9.59 Å². The highest BCUT2D eigenvalue weighted by atomic mass is 32.1. The molecule has 0 saturated carbocycles. The van der Waals surface area contributed by atoms with E-state index in [1.165, 1.54) is 0 Å². The van der Waals surface area contributed by atoms with Crippen molar-refractivity contribution in [3.05, 3.63) is 22.4 Å². The molecular formula is C14H20N2O3S. The first kappa shape index (κ1) is 15.0. The zero-order chi connectivity index (χ0) is 14.5. The summed E-state index contributed by atoms with van der Waals surface area (Å²) in [6, 6.07) is 3.38. The largest absolute Gasteiger partial charge is 0.480 e. The normalized spacial score (nSPS) is 21.4. The summed E-state index contributed by atoms with van der Waals surface area (Å²) >= 11 is 1.60. The molecule has 1 aromatic rings. The van der Waals surface area contributed by atoms with Crippen molar-refractivity contribution in [3.8, 4) is 0 Å². The first-order valence-corrected chi connectivity index (χ1v) is 7.75. The van der Waals surface area contributed by atoms with Gasteiger partial charge in [0.1, 0.15) is 6.04 Å². The topological polar surface area (TPSA) is 69.6 Å². The van der Waals surface area contributed by atoms with Gasteiger partial charge in [0.25, 0.3) is 0 Å². The molecule has 1 amide bonds. The lowest BCUT2D eigenvalue weighted by Crippen LogP contribution is -2.49. The van der Waals surface area contributed by atoms with Gasteiger partial charge in [0, 0.05) is 4.88 Å². The van der Waals surface area contributed by atoms with Crippen LogP contribution in [0.15, 0.2) is 17.5 Å². The van der Waals surface area contributed by atoms with Gasteiger partial charge in [0.15, 0.2) is 0 Å². The van der Waals surface area contributed by atoms with Crippen molar-refractivity contribution in [2.24, 2.45) is 0 Å². The van der Waals surface area contributed by atoms with Crippen LogP contribution in [0.5, 0.6) is 0 Å². The number of carbonyl (C=O) groups excluding carboxylic acids is 1. The minimum Gasteiger partial charge on any atom is -0.480 e. The molecule has 0 aromatic carbocycles. The average Bonchev–Trinajstić information content (AvgIpc) is 2.92. The van der Waals surface area contributed by atoms with Gasteiger partial charge in [-0.25, -0.2) is 0 Å². The van der Waals surface area contributed by atoms with Crippen molar-refractivity contribution < 1.29 is 14.7 Å². The number of hydrogen-bond acceptors (Lipinski definition) is 4. The average molecular weight is 296 g/mol. The SMILES string of the molecule is CC(NC(=O)CN1CCCCC1C(=O)O)c1cccs1. The van der Waals surface area contributed by atoms with E-state index < -0.39 is 12.0 Å². The highest BCUT2D eigenvalue weighted by molar-refractivity contribution is 7.10. The number of carbonyl (C=O) groups is 2. The van der Waals surface area contributed by atoms with Gasteiger partial charge in [0.2, 0.25) is 5.91 Å². The van der Waals surface area contributed by atoms with Crippen LogP contribution in [-0.4, -0.2) is 41.0 Å². The van der Waals surface area contributed by atoms with Gasteiger partial charge in [-0.2, -0.15) is 0 Å². The molecule has 1 aliphatic heterocycles. The van der Waals surface area contributed by atoms with Gasteiger partial charge >= 0.3 is 5.97 Å². The molecule has 1 aliphatic rings. The molecule has 20 heavy (non-hydrogen) atoms. The van der Waals surface area contributed by atoms with Crippen molar-refractivity contribution >= 4 is 23.2 Å². The summed E-state index contributed by atoms with van der Waals surface area (Å²) in [7, 11) is 0. The predicted octanol–water partition coefficient (Wildman–Crippen LogP) is 1.86. The quantitative estimate of drug-likeness (QED) is 0.870. The number of hydrogen-bond donors (Lipinski definition) is 2. The molecule has 2 atom stereocenters. The van der Waals surface area contributed by atoms with Crippen molar-refractivity contribution in [1.82, 2.24) is 10.2 Å². The number of thiophene rings is 1. The van der Waals surface area contributed by atoms with Gasteiger partial charge in [-0.1, -0.05) is 12.5 Å². The molecule has 1 fully saturated rings. The van der Waals surface area contributed by atoms with Crippen LogP contribution < -0.4 is 5.32 Å². The van der Waals surface area contributed by atoms with E-state index in [1.54, 1.807) is 16.2 Å². The van der Waals surface area contributed by atoms with Crippen molar-refractivity contribution in [3.63, 3.8) is 0 Å². The van der Waals surface area contributed by atoms with Crippen LogP contribution >= 0.6 is 11.3 Å².